The average Bonchev–Trinajstić information content (AvgIpc) is 2.85. The van der Waals surface area contributed by atoms with E-state index in [9.17, 15) is 9.59 Å². The molecular weight excluding hydrogens is 256 g/mol. The minimum atomic E-state index is -0.930. The number of carboxylic acid groups (broad SMARTS) is 1. The molecule has 0 radical (unpaired) electrons. The van der Waals surface area contributed by atoms with E-state index in [1.165, 1.54) is 0 Å². The highest BCUT2D eigenvalue weighted by atomic mass is 16.4. The second-order valence-electron chi connectivity index (χ2n) is 5.13. The van der Waals surface area contributed by atoms with Crippen molar-refractivity contribution in [3.63, 3.8) is 0 Å². The van der Waals surface area contributed by atoms with Gasteiger partial charge in [0.25, 0.3) is 0 Å². The van der Waals surface area contributed by atoms with Gasteiger partial charge < -0.3 is 15.3 Å². The topological polar surface area (TPSA) is 69.6 Å². The van der Waals surface area contributed by atoms with Gasteiger partial charge in [-0.2, -0.15) is 0 Å². The maximum Gasteiger partial charge on any atom is 0.335 e. The van der Waals surface area contributed by atoms with Crippen LogP contribution < -0.4 is 5.32 Å². The highest BCUT2D eigenvalue weighted by Crippen LogP contribution is 2.16. The molecule has 2 rings (SSSR count). The lowest BCUT2D eigenvalue weighted by Crippen LogP contribution is -2.42. The van der Waals surface area contributed by atoms with E-state index in [1.807, 2.05) is 17.9 Å². The van der Waals surface area contributed by atoms with Crippen molar-refractivity contribution in [1.82, 2.24) is 10.2 Å². The number of carbonyl (C=O) groups is 2. The Balaban J connectivity index is 1.87. The monoisotopic (exact) mass is 276 g/mol. The number of carbonyl (C=O) groups excluding carboxylic acids is 1. The Hall–Kier alpha value is -2.04. The van der Waals surface area contributed by atoms with Gasteiger partial charge in [0.1, 0.15) is 0 Å². The predicted octanol–water partition coefficient (Wildman–Crippen LogP) is 2.12. The van der Waals surface area contributed by atoms with Gasteiger partial charge in [-0.3, -0.25) is 0 Å². The normalized spacial score (nSPS) is 18.1. The quantitative estimate of drug-likeness (QED) is 0.885. The summed E-state index contributed by atoms with van der Waals surface area (Å²) in [5.74, 6) is -0.930. The number of amides is 2. The molecule has 1 saturated heterocycles. The third-order valence-corrected chi connectivity index (χ3v) is 3.73. The SMILES string of the molecule is CC1CCCN1C(=O)NCCc1ccccc1C(=O)O. The fraction of sp³-hybridized carbons (Fsp3) is 0.467. The first-order valence-corrected chi connectivity index (χ1v) is 6.95. The molecule has 1 heterocycles. The Morgan fingerprint density at radius 1 is 1.40 bits per heavy atom. The number of nitrogens with zero attached hydrogens (tertiary/aromatic N) is 1. The highest BCUT2D eigenvalue weighted by molar-refractivity contribution is 5.89. The van der Waals surface area contributed by atoms with Gasteiger partial charge in [-0.25, -0.2) is 9.59 Å². The van der Waals surface area contributed by atoms with Gasteiger partial charge in [0.2, 0.25) is 0 Å². The Morgan fingerprint density at radius 2 is 2.15 bits per heavy atom. The van der Waals surface area contributed by atoms with Gasteiger partial charge in [0.15, 0.2) is 0 Å². The largest absolute Gasteiger partial charge is 0.478 e. The van der Waals surface area contributed by atoms with Crippen LogP contribution in [0.4, 0.5) is 4.79 Å². The van der Waals surface area contributed by atoms with Crippen molar-refractivity contribution in [2.75, 3.05) is 13.1 Å². The summed E-state index contributed by atoms with van der Waals surface area (Å²) in [5.41, 5.74) is 1.05. The van der Waals surface area contributed by atoms with Crippen LogP contribution in [0, 0.1) is 0 Å². The second kappa shape index (κ2) is 6.41. The van der Waals surface area contributed by atoms with Crippen molar-refractivity contribution < 1.29 is 14.7 Å². The van der Waals surface area contributed by atoms with Crippen molar-refractivity contribution in [3.8, 4) is 0 Å². The molecule has 2 amide bonds. The number of hydrogen-bond acceptors (Lipinski definition) is 2. The lowest BCUT2D eigenvalue weighted by molar-refractivity contribution is 0.0695. The minimum Gasteiger partial charge on any atom is -0.478 e. The summed E-state index contributed by atoms with van der Waals surface area (Å²) >= 11 is 0. The summed E-state index contributed by atoms with van der Waals surface area (Å²) in [5, 5.41) is 11.9. The third kappa shape index (κ3) is 3.29. The molecule has 2 N–H and O–H groups in total. The Kier molecular flexibility index (Phi) is 4.61. The molecule has 0 aromatic heterocycles. The maximum atomic E-state index is 12.0. The predicted molar refractivity (Wildman–Crippen MR) is 75.9 cm³/mol. The van der Waals surface area contributed by atoms with Gasteiger partial charge in [-0.15, -0.1) is 0 Å². The summed E-state index contributed by atoms with van der Waals surface area (Å²) in [6, 6.07) is 7.13. The first-order valence-electron chi connectivity index (χ1n) is 6.95. The van der Waals surface area contributed by atoms with Crippen LogP contribution in [0.3, 0.4) is 0 Å². The smallest absolute Gasteiger partial charge is 0.335 e. The molecule has 0 saturated carbocycles. The maximum absolute atomic E-state index is 12.0. The number of likely N-dealkylation sites (tertiary alicyclic amines) is 1. The molecule has 108 valence electrons. The zero-order valence-corrected chi connectivity index (χ0v) is 11.6. The van der Waals surface area contributed by atoms with E-state index in [-0.39, 0.29) is 6.03 Å². The number of hydrogen-bond donors (Lipinski definition) is 2. The van der Waals surface area contributed by atoms with Gasteiger partial charge in [-0.1, -0.05) is 18.2 Å². The van der Waals surface area contributed by atoms with Crippen molar-refractivity contribution >= 4 is 12.0 Å². The highest BCUT2D eigenvalue weighted by Gasteiger charge is 2.24. The van der Waals surface area contributed by atoms with E-state index in [0.29, 0.717) is 24.6 Å². The average molecular weight is 276 g/mol. The lowest BCUT2D eigenvalue weighted by Gasteiger charge is -2.21. The van der Waals surface area contributed by atoms with Crippen LogP contribution in [-0.4, -0.2) is 41.1 Å². The summed E-state index contributed by atoms with van der Waals surface area (Å²) in [4.78, 5) is 24.9. The van der Waals surface area contributed by atoms with E-state index in [4.69, 9.17) is 5.11 Å². The standard InChI is InChI=1S/C15H20N2O3/c1-11-5-4-10-17(11)15(20)16-9-8-12-6-2-3-7-13(12)14(18)19/h2-3,6-7,11H,4-5,8-10H2,1H3,(H,16,20)(H,18,19). The van der Waals surface area contributed by atoms with Crippen molar-refractivity contribution in [1.29, 1.82) is 0 Å². The molecule has 1 unspecified atom stereocenters. The van der Waals surface area contributed by atoms with Crippen molar-refractivity contribution in [3.05, 3.63) is 35.4 Å². The third-order valence-electron chi connectivity index (χ3n) is 3.73. The van der Waals surface area contributed by atoms with Gasteiger partial charge >= 0.3 is 12.0 Å². The fourth-order valence-electron chi connectivity index (χ4n) is 2.59. The number of nitrogens with one attached hydrogen (secondary N) is 1. The van der Waals surface area contributed by atoms with E-state index in [0.717, 1.165) is 24.9 Å². The van der Waals surface area contributed by atoms with Gasteiger partial charge in [0.05, 0.1) is 5.56 Å². The molecule has 0 spiro atoms. The first-order chi connectivity index (χ1) is 9.59. The lowest BCUT2D eigenvalue weighted by atomic mass is 10.0. The van der Waals surface area contributed by atoms with Crippen molar-refractivity contribution in [2.24, 2.45) is 0 Å². The van der Waals surface area contributed by atoms with Crippen LogP contribution in [0.2, 0.25) is 0 Å². The molecule has 1 aliphatic rings. The van der Waals surface area contributed by atoms with Gasteiger partial charge in [-0.05, 0) is 37.8 Å². The Bertz CT molecular complexity index is 502. The second-order valence-corrected chi connectivity index (χ2v) is 5.13. The molecule has 1 aromatic carbocycles. The number of rotatable bonds is 4. The number of carboxylic acids is 1. The molecule has 1 fully saturated rings. The van der Waals surface area contributed by atoms with E-state index >= 15 is 0 Å². The summed E-state index contributed by atoms with van der Waals surface area (Å²) < 4.78 is 0. The Labute approximate surface area is 118 Å². The van der Waals surface area contributed by atoms with Crippen LogP contribution >= 0.6 is 0 Å². The zero-order chi connectivity index (χ0) is 14.5. The summed E-state index contributed by atoms with van der Waals surface area (Å²) in [6.45, 7) is 3.30. The fourth-order valence-corrected chi connectivity index (χ4v) is 2.59. The molecule has 1 atom stereocenters. The van der Waals surface area contributed by atoms with Crippen LogP contribution in [-0.2, 0) is 6.42 Å². The molecule has 5 heteroatoms. The molecule has 0 aliphatic carbocycles. The molecule has 0 bridgehead atoms. The first kappa shape index (κ1) is 14.4. The van der Waals surface area contributed by atoms with Gasteiger partial charge in [0, 0.05) is 19.1 Å². The molecular formula is C15H20N2O3. The molecule has 20 heavy (non-hydrogen) atoms. The number of urea groups is 1. The summed E-state index contributed by atoms with van der Waals surface area (Å²) in [7, 11) is 0. The molecule has 1 aliphatic heterocycles. The number of benzene rings is 1. The van der Waals surface area contributed by atoms with E-state index in [2.05, 4.69) is 5.32 Å². The van der Waals surface area contributed by atoms with Crippen LogP contribution in [0.15, 0.2) is 24.3 Å². The minimum absolute atomic E-state index is 0.0530. The molecule has 1 aromatic rings. The van der Waals surface area contributed by atoms with Crippen molar-refractivity contribution in [2.45, 2.75) is 32.2 Å². The summed E-state index contributed by atoms with van der Waals surface area (Å²) in [6.07, 6.45) is 2.63. The van der Waals surface area contributed by atoms with Crippen LogP contribution in [0.5, 0.6) is 0 Å². The van der Waals surface area contributed by atoms with Crippen LogP contribution in [0.25, 0.3) is 0 Å². The van der Waals surface area contributed by atoms with E-state index in [1.54, 1.807) is 18.2 Å². The Morgan fingerprint density at radius 3 is 2.80 bits per heavy atom. The molecule has 5 nitrogen and oxygen atoms in total. The van der Waals surface area contributed by atoms with Crippen LogP contribution in [0.1, 0.15) is 35.7 Å². The zero-order valence-electron chi connectivity index (χ0n) is 11.6. The van der Waals surface area contributed by atoms with E-state index < -0.39 is 5.97 Å². The number of aromatic carboxylic acids is 1.